The zero-order valence-corrected chi connectivity index (χ0v) is 18.2. The third kappa shape index (κ3) is 7.97. The van der Waals surface area contributed by atoms with Crippen LogP contribution < -0.4 is 5.32 Å². The fourth-order valence-electron chi connectivity index (χ4n) is 2.87. The number of piperidine rings is 1. The monoisotopic (exact) mass is 496 g/mol. The highest BCUT2D eigenvalue weighted by atomic mass is 127. The van der Waals surface area contributed by atoms with Gasteiger partial charge in [0.2, 0.25) is 0 Å². The Hall–Kier alpha value is -1.47. The number of halogens is 1. The highest BCUT2D eigenvalue weighted by molar-refractivity contribution is 14.0. The molecule has 1 N–H and O–H groups in total. The number of rotatable bonds is 9. The van der Waals surface area contributed by atoms with Crippen LogP contribution in [0.5, 0.6) is 0 Å². The zero-order valence-electron chi connectivity index (χ0n) is 15.9. The van der Waals surface area contributed by atoms with Crippen molar-refractivity contribution in [3.8, 4) is 0 Å². The topological polar surface area (TPSA) is 107 Å². The van der Waals surface area contributed by atoms with Crippen LogP contribution in [0.4, 0.5) is 5.69 Å². The van der Waals surface area contributed by atoms with E-state index in [0.29, 0.717) is 19.2 Å². The van der Waals surface area contributed by atoms with Crippen molar-refractivity contribution in [2.24, 2.45) is 4.99 Å². The van der Waals surface area contributed by atoms with Gasteiger partial charge < -0.3 is 19.7 Å². The quantitative estimate of drug-likeness (QED) is 0.138. The first kappa shape index (κ1) is 23.6. The van der Waals surface area contributed by atoms with E-state index in [2.05, 4.69) is 20.3 Å². The van der Waals surface area contributed by atoms with Crippen LogP contribution in [0, 0.1) is 10.1 Å². The Morgan fingerprint density at radius 1 is 1.44 bits per heavy atom. The summed E-state index contributed by atoms with van der Waals surface area (Å²) in [5.41, 5.74) is 0.00181. The number of nitrogens with one attached hydrogen (secondary N) is 1. The summed E-state index contributed by atoms with van der Waals surface area (Å²) < 4.78 is 12.5. The van der Waals surface area contributed by atoms with E-state index in [1.54, 1.807) is 18.8 Å². The lowest BCUT2D eigenvalue weighted by atomic mass is 10.1. The molecule has 0 unspecified atom stereocenters. The molecular weight excluding hydrogens is 467 g/mol. The molecule has 1 aliphatic heterocycles. The molecule has 0 spiro atoms. The van der Waals surface area contributed by atoms with Crippen LogP contribution in [0.25, 0.3) is 0 Å². The molecule has 154 valence electrons. The summed E-state index contributed by atoms with van der Waals surface area (Å²) in [6.45, 7) is 4.38. The van der Waals surface area contributed by atoms with E-state index in [0.717, 1.165) is 51.5 Å². The van der Waals surface area contributed by atoms with Crippen molar-refractivity contribution in [1.82, 2.24) is 20.0 Å². The summed E-state index contributed by atoms with van der Waals surface area (Å²) in [7, 11) is 3.46. The Kier molecular flexibility index (Phi) is 11.2. The van der Waals surface area contributed by atoms with Crippen LogP contribution in [0.1, 0.15) is 19.3 Å². The number of ether oxygens (including phenoxy) is 2. The summed E-state index contributed by atoms with van der Waals surface area (Å²) in [6.07, 6.45) is 5.85. The van der Waals surface area contributed by atoms with Crippen LogP contribution in [0.3, 0.4) is 0 Å². The highest BCUT2D eigenvalue weighted by Gasteiger charge is 2.21. The minimum atomic E-state index is -0.447. The van der Waals surface area contributed by atoms with E-state index in [1.165, 1.54) is 12.4 Å². The molecule has 10 nitrogen and oxygen atoms in total. The number of nitro groups is 1. The summed E-state index contributed by atoms with van der Waals surface area (Å²) in [4.78, 5) is 16.8. The van der Waals surface area contributed by atoms with Crippen molar-refractivity contribution in [2.75, 3.05) is 47.0 Å². The molecule has 0 aliphatic carbocycles. The number of likely N-dealkylation sites (tertiary alicyclic amines) is 1. The predicted octanol–water partition coefficient (Wildman–Crippen LogP) is 1.50. The third-order valence-corrected chi connectivity index (χ3v) is 4.25. The molecule has 1 saturated heterocycles. The number of aromatic nitrogens is 2. The van der Waals surface area contributed by atoms with Crippen molar-refractivity contribution in [2.45, 2.75) is 31.9 Å². The number of guanidine groups is 1. The lowest BCUT2D eigenvalue weighted by molar-refractivity contribution is -0.385. The van der Waals surface area contributed by atoms with E-state index in [9.17, 15) is 10.1 Å². The van der Waals surface area contributed by atoms with Gasteiger partial charge in [-0.15, -0.1) is 24.0 Å². The molecule has 1 aromatic rings. The number of methoxy groups -OCH3 is 1. The Morgan fingerprint density at radius 2 is 2.19 bits per heavy atom. The van der Waals surface area contributed by atoms with Gasteiger partial charge >= 0.3 is 5.69 Å². The van der Waals surface area contributed by atoms with Gasteiger partial charge in [-0.2, -0.15) is 5.10 Å². The van der Waals surface area contributed by atoms with Gasteiger partial charge in [0.05, 0.1) is 17.6 Å². The van der Waals surface area contributed by atoms with Crippen LogP contribution in [0.2, 0.25) is 0 Å². The van der Waals surface area contributed by atoms with E-state index < -0.39 is 4.92 Å². The lowest BCUT2D eigenvalue weighted by Gasteiger charge is -2.34. The van der Waals surface area contributed by atoms with Gasteiger partial charge in [-0.3, -0.25) is 19.8 Å². The normalized spacial score (nSPS) is 15.5. The van der Waals surface area contributed by atoms with Crippen molar-refractivity contribution in [3.05, 3.63) is 22.5 Å². The Morgan fingerprint density at radius 3 is 2.78 bits per heavy atom. The van der Waals surface area contributed by atoms with Gasteiger partial charge in [0.25, 0.3) is 0 Å². The van der Waals surface area contributed by atoms with Crippen LogP contribution >= 0.6 is 24.0 Å². The Bertz CT molecular complexity index is 589. The van der Waals surface area contributed by atoms with E-state index >= 15 is 0 Å². The fraction of sp³-hybridized carbons (Fsp3) is 0.750. The van der Waals surface area contributed by atoms with Gasteiger partial charge in [0.15, 0.2) is 5.96 Å². The van der Waals surface area contributed by atoms with Gasteiger partial charge in [0.1, 0.15) is 12.4 Å². The Labute approximate surface area is 176 Å². The predicted molar refractivity (Wildman–Crippen MR) is 113 cm³/mol. The number of aliphatic imine (C=N–C) groups is 1. The van der Waals surface area contributed by atoms with Gasteiger partial charge in [0, 0.05) is 47.0 Å². The van der Waals surface area contributed by atoms with Crippen molar-refractivity contribution < 1.29 is 14.4 Å². The number of hydrogen-bond donors (Lipinski definition) is 1. The second kappa shape index (κ2) is 12.8. The first-order chi connectivity index (χ1) is 12.6. The minimum Gasteiger partial charge on any atom is -0.385 e. The fourth-order valence-corrected chi connectivity index (χ4v) is 2.87. The van der Waals surface area contributed by atoms with Crippen LogP contribution in [-0.4, -0.2) is 78.7 Å². The molecule has 0 saturated carbocycles. The minimum absolute atomic E-state index is 0. The van der Waals surface area contributed by atoms with Crippen molar-refractivity contribution in [3.63, 3.8) is 0 Å². The summed E-state index contributed by atoms with van der Waals surface area (Å²) in [5.74, 6) is 0.837. The molecule has 2 rings (SSSR count). The first-order valence-corrected chi connectivity index (χ1v) is 8.87. The Balaban J connectivity index is 0.00000364. The molecular formula is C16H29IN6O4. The standard InChI is InChI=1S/C16H28N6O4.HI/c1-17-16(18-6-9-21-13-14(12-19-21)22(23)24)20-7-4-15(5-8-20)26-11-3-10-25-2;/h12-13,15H,3-11H2,1-2H3,(H,17,18);1H. The maximum atomic E-state index is 10.7. The largest absolute Gasteiger partial charge is 0.385 e. The number of nitrogens with zero attached hydrogens (tertiary/aromatic N) is 5. The van der Waals surface area contributed by atoms with E-state index in [1.807, 2.05) is 0 Å². The molecule has 11 heteroatoms. The number of hydrogen-bond acceptors (Lipinski definition) is 6. The molecule has 0 aromatic carbocycles. The molecule has 0 bridgehead atoms. The molecule has 2 heterocycles. The molecule has 1 fully saturated rings. The van der Waals surface area contributed by atoms with Crippen LogP contribution in [0.15, 0.2) is 17.4 Å². The second-order valence-electron chi connectivity index (χ2n) is 6.10. The van der Waals surface area contributed by atoms with Crippen molar-refractivity contribution in [1.29, 1.82) is 0 Å². The van der Waals surface area contributed by atoms with Crippen LogP contribution in [-0.2, 0) is 16.0 Å². The average Bonchev–Trinajstić information content (AvgIpc) is 3.12. The van der Waals surface area contributed by atoms with Gasteiger partial charge in [-0.1, -0.05) is 0 Å². The smallest absolute Gasteiger partial charge is 0.306 e. The summed E-state index contributed by atoms with van der Waals surface area (Å²) >= 11 is 0. The molecule has 0 amide bonds. The first-order valence-electron chi connectivity index (χ1n) is 8.87. The zero-order chi connectivity index (χ0) is 18.8. The molecule has 1 aliphatic rings. The third-order valence-electron chi connectivity index (χ3n) is 4.25. The SMILES string of the molecule is CN=C(NCCn1cc([N+](=O)[O-])cn1)N1CCC(OCCCOC)CC1.I. The maximum absolute atomic E-state index is 10.7. The average molecular weight is 496 g/mol. The molecule has 0 atom stereocenters. The van der Waals surface area contributed by atoms with Gasteiger partial charge in [-0.05, 0) is 19.3 Å². The highest BCUT2D eigenvalue weighted by Crippen LogP contribution is 2.14. The van der Waals surface area contributed by atoms with E-state index in [4.69, 9.17) is 9.47 Å². The summed E-state index contributed by atoms with van der Waals surface area (Å²) in [5, 5.41) is 17.9. The van der Waals surface area contributed by atoms with Gasteiger partial charge in [-0.25, -0.2) is 0 Å². The van der Waals surface area contributed by atoms with E-state index in [-0.39, 0.29) is 29.7 Å². The molecule has 27 heavy (non-hydrogen) atoms. The van der Waals surface area contributed by atoms with Crippen molar-refractivity contribution >= 4 is 35.6 Å². The second-order valence-corrected chi connectivity index (χ2v) is 6.10. The molecule has 0 radical (unpaired) electrons. The summed E-state index contributed by atoms with van der Waals surface area (Å²) in [6, 6.07) is 0. The maximum Gasteiger partial charge on any atom is 0.306 e. The lowest BCUT2D eigenvalue weighted by Crippen LogP contribution is -2.47. The molecule has 1 aromatic heterocycles.